The quantitative estimate of drug-likeness (QED) is 0.125. The van der Waals surface area contributed by atoms with E-state index in [-0.39, 0.29) is 36.5 Å². The molecule has 2 aromatic carbocycles. The van der Waals surface area contributed by atoms with Gasteiger partial charge in [-0.1, -0.05) is 12.1 Å². The maximum Gasteiger partial charge on any atom is 0.417 e. The van der Waals surface area contributed by atoms with E-state index in [0.717, 1.165) is 29.0 Å². The molecule has 0 bridgehead atoms. The molecule has 0 amide bonds. The van der Waals surface area contributed by atoms with Crippen molar-refractivity contribution in [3.63, 3.8) is 0 Å². The zero-order valence-corrected chi connectivity index (χ0v) is 21.6. The van der Waals surface area contributed by atoms with Gasteiger partial charge in [0, 0.05) is 23.2 Å². The first-order valence-electron chi connectivity index (χ1n) is 12.0. The summed E-state index contributed by atoms with van der Waals surface area (Å²) < 4.78 is 44.2. The molecule has 1 aliphatic heterocycles. The molecule has 5 rings (SSSR count). The van der Waals surface area contributed by atoms with Crippen LogP contribution in [0, 0.1) is 11.6 Å². The van der Waals surface area contributed by atoms with E-state index >= 15 is 0 Å². The van der Waals surface area contributed by atoms with Crippen molar-refractivity contribution in [1.82, 2.24) is 9.97 Å². The fourth-order valence-electron chi connectivity index (χ4n) is 4.16. The Morgan fingerprint density at radius 3 is 2.82 bits per heavy atom. The molecule has 2 aromatic heterocycles. The molecule has 39 heavy (non-hydrogen) atoms. The number of halogens is 2. The van der Waals surface area contributed by atoms with Crippen molar-refractivity contribution < 1.29 is 32.6 Å². The van der Waals surface area contributed by atoms with Gasteiger partial charge in [-0.15, -0.1) is 11.8 Å². The molecule has 0 aliphatic carbocycles. The second-order valence-corrected chi connectivity index (χ2v) is 9.63. The number of aromatic nitrogens is 2. The molecule has 1 atom stereocenters. The molecule has 1 aliphatic rings. The van der Waals surface area contributed by atoms with Crippen LogP contribution in [-0.4, -0.2) is 38.8 Å². The summed E-state index contributed by atoms with van der Waals surface area (Å²) in [6, 6.07) is 14.7. The predicted octanol–water partition coefficient (Wildman–Crippen LogP) is 5.44. The SMILES string of the molecule is CCOC(=O)C(CS[C@H]1c2cc(OCc3ccc4cc(F)c(F)cc4n3)ccc2OCc2ncccc21)=[N+]=[N-]. The van der Waals surface area contributed by atoms with E-state index < -0.39 is 17.6 Å². The third-order valence-electron chi connectivity index (χ3n) is 6.03. The van der Waals surface area contributed by atoms with Crippen LogP contribution in [0.5, 0.6) is 11.5 Å². The molecule has 3 heterocycles. The van der Waals surface area contributed by atoms with Crippen LogP contribution in [0.2, 0.25) is 0 Å². The molecular weight excluding hydrogens is 526 g/mol. The number of benzene rings is 2. The summed E-state index contributed by atoms with van der Waals surface area (Å²) in [6.45, 7) is 2.19. The van der Waals surface area contributed by atoms with Crippen LogP contribution in [0.3, 0.4) is 0 Å². The van der Waals surface area contributed by atoms with Crippen molar-refractivity contribution in [3.05, 3.63) is 100 Å². The highest BCUT2D eigenvalue weighted by molar-refractivity contribution is 8.00. The summed E-state index contributed by atoms with van der Waals surface area (Å²) in [5.74, 6) is -1.34. The van der Waals surface area contributed by atoms with Crippen LogP contribution in [0.25, 0.3) is 16.4 Å². The second kappa shape index (κ2) is 11.6. The lowest BCUT2D eigenvalue weighted by molar-refractivity contribution is -0.139. The van der Waals surface area contributed by atoms with Gasteiger partial charge in [-0.2, -0.15) is 4.79 Å². The largest absolute Gasteiger partial charge is 0.487 e. The van der Waals surface area contributed by atoms with Crippen LogP contribution in [0.4, 0.5) is 8.78 Å². The standard InChI is InChI=1S/C28H22F2N4O4S/c1-2-36-28(35)25(34-31)15-39-27-19-4-3-9-32-24(19)14-38-26-8-7-18(11-20(26)27)37-13-17-6-5-16-10-21(29)22(30)12-23(16)33-17/h3-12,27H,2,13-15H2,1H3/t27-/m1/s1. The van der Waals surface area contributed by atoms with Crippen LogP contribution in [0.15, 0.2) is 60.8 Å². The fraction of sp³-hybridized carbons (Fsp3) is 0.214. The van der Waals surface area contributed by atoms with Gasteiger partial charge in [0.2, 0.25) is 0 Å². The molecule has 0 spiro atoms. The Balaban J connectivity index is 1.41. The summed E-state index contributed by atoms with van der Waals surface area (Å²) in [5, 5.41) is 0.165. The molecule has 0 fully saturated rings. The summed E-state index contributed by atoms with van der Waals surface area (Å²) in [7, 11) is 0. The van der Waals surface area contributed by atoms with Crippen LogP contribution in [0.1, 0.15) is 34.7 Å². The number of hydrogen-bond acceptors (Lipinski definition) is 7. The number of fused-ring (bicyclic) bond motifs is 3. The maximum atomic E-state index is 13.7. The molecular formula is C28H22F2N4O4S. The number of ether oxygens (including phenoxy) is 3. The van der Waals surface area contributed by atoms with Crippen molar-refractivity contribution in [2.24, 2.45) is 0 Å². The molecule has 11 heteroatoms. The highest BCUT2D eigenvalue weighted by atomic mass is 32.2. The first kappa shape index (κ1) is 26.3. The van der Waals surface area contributed by atoms with E-state index in [1.807, 2.05) is 18.2 Å². The third-order valence-corrected chi connectivity index (χ3v) is 7.31. The van der Waals surface area contributed by atoms with Gasteiger partial charge in [0.1, 0.15) is 30.5 Å². The Labute approximate surface area is 226 Å². The van der Waals surface area contributed by atoms with E-state index in [0.29, 0.717) is 28.1 Å². The number of rotatable bonds is 8. The minimum Gasteiger partial charge on any atom is -0.487 e. The lowest BCUT2D eigenvalue weighted by Crippen LogP contribution is -2.21. The second-order valence-electron chi connectivity index (χ2n) is 8.54. The third kappa shape index (κ3) is 5.74. The normalized spacial score (nSPS) is 13.9. The Morgan fingerprint density at radius 1 is 1.15 bits per heavy atom. The van der Waals surface area contributed by atoms with Crippen LogP contribution in [-0.2, 0) is 22.7 Å². The topological polar surface area (TPSA) is 107 Å². The van der Waals surface area contributed by atoms with Gasteiger partial charge < -0.3 is 19.7 Å². The Morgan fingerprint density at radius 2 is 2.00 bits per heavy atom. The molecule has 0 saturated heterocycles. The van der Waals surface area contributed by atoms with Gasteiger partial charge in [0.15, 0.2) is 11.6 Å². The van der Waals surface area contributed by atoms with Crippen LogP contribution >= 0.6 is 11.8 Å². The molecule has 0 unspecified atom stereocenters. The van der Waals surface area contributed by atoms with E-state index in [4.69, 9.17) is 14.2 Å². The minimum atomic E-state index is -0.963. The zero-order chi connectivity index (χ0) is 27.4. The molecule has 4 aromatic rings. The summed E-state index contributed by atoms with van der Waals surface area (Å²) in [5.41, 5.74) is 12.6. The highest BCUT2D eigenvalue weighted by Crippen LogP contribution is 2.45. The zero-order valence-electron chi connectivity index (χ0n) is 20.8. The van der Waals surface area contributed by atoms with Crippen molar-refractivity contribution in [3.8, 4) is 11.5 Å². The van der Waals surface area contributed by atoms with E-state index in [1.165, 1.54) is 11.8 Å². The van der Waals surface area contributed by atoms with Gasteiger partial charge in [0.05, 0.1) is 28.8 Å². The summed E-state index contributed by atoms with van der Waals surface area (Å²) in [4.78, 5) is 24.1. The average Bonchev–Trinajstić information content (AvgIpc) is 3.09. The number of carbonyl (C=O) groups excluding carboxylic acids is 1. The minimum absolute atomic E-state index is 0.0804. The highest BCUT2D eigenvalue weighted by Gasteiger charge is 2.30. The van der Waals surface area contributed by atoms with Crippen molar-refractivity contribution in [2.75, 3.05) is 12.4 Å². The number of carbonyl (C=O) groups is 1. The average molecular weight is 549 g/mol. The number of thioether (sulfide) groups is 1. The predicted molar refractivity (Wildman–Crippen MR) is 141 cm³/mol. The van der Waals surface area contributed by atoms with Crippen LogP contribution < -0.4 is 9.47 Å². The Kier molecular flexibility index (Phi) is 7.81. The van der Waals surface area contributed by atoms with Gasteiger partial charge in [-0.05, 0) is 48.9 Å². The number of hydrogen-bond donors (Lipinski definition) is 0. The molecule has 0 radical (unpaired) electrons. The van der Waals surface area contributed by atoms with E-state index in [9.17, 15) is 19.1 Å². The maximum absolute atomic E-state index is 13.7. The molecule has 198 valence electrons. The van der Waals surface area contributed by atoms with E-state index in [2.05, 4.69) is 14.8 Å². The molecule has 8 nitrogen and oxygen atoms in total. The van der Waals surface area contributed by atoms with Gasteiger partial charge >= 0.3 is 11.7 Å². The molecule has 0 N–H and O–H groups in total. The fourth-order valence-corrected chi connectivity index (χ4v) is 5.42. The summed E-state index contributed by atoms with van der Waals surface area (Å²) >= 11 is 1.36. The van der Waals surface area contributed by atoms with Gasteiger partial charge in [-0.25, -0.2) is 18.6 Å². The number of esters is 1. The first-order chi connectivity index (χ1) is 19.0. The van der Waals surface area contributed by atoms with E-state index in [1.54, 1.807) is 37.4 Å². The lowest BCUT2D eigenvalue weighted by atomic mass is 10.0. The first-order valence-corrected chi connectivity index (χ1v) is 13.1. The van der Waals surface area contributed by atoms with Crippen molar-refractivity contribution in [1.29, 1.82) is 0 Å². The van der Waals surface area contributed by atoms with Crippen molar-refractivity contribution >= 4 is 34.3 Å². The Bertz CT molecular complexity index is 1610. The Hall–Kier alpha value is -4.34. The van der Waals surface area contributed by atoms with Gasteiger partial charge in [-0.3, -0.25) is 4.98 Å². The smallest absolute Gasteiger partial charge is 0.417 e. The lowest BCUT2D eigenvalue weighted by Gasteiger charge is -2.18. The monoisotopic (exact) mass is 548 g/mol. The molecule has 0 saturated carbocycles. The number of pyridine rings is 2. The van der Waals surface area contributed by atoms with Gasteiger partial charge in [0.25, 0.3) is 0 Å². The summed E-state index contributed by atoms with van der Waals surface area (Å²) in [6.07, 6.45) is 1.69. The van der Waals surface area contributed by atoms with Crippen molar-refractivity contribution in [2.45, 2.75) is 25.4 Å². The number of nitrogens with zero attached hydrogens (tertiary/aromatic N) is 4.